The zero-order valence-corrected chi connectivity index (χ0v) is 24.4. The Balaban J connectivity index is 1.56. The maximum absolute atomic E-state index is 14.1. The lowest BCUT2D eigenvalue weighted by molar-refractivity contribution is -0.130. The van der Waals surface area contributed by atoms with E-state index in [1.165, 1.54) is 16.2 Å². The quantitative estimate of drug-likeness (QED) is 0.206. The molecule has 4 rings (SSSR count). The van der Waals surface area contributed by atoms with E-state index in [1.807, 2.05) is 85.8 Å². The molecule has 218 valence electrons. The van der Waals surface area contributed by atoms with E-state index in [0.29, 0.717) is 25.1 Å². The van der Waals surface area contributed by atoms with Gasteiger partial charge in [-0.25, -0.2) is 4.79 Å². The summed E-state index contributed by atoms with van der Waals surface area (Å²) in [6.45, 7) is 3.27. The molecule has 0 bridgehead atoms. The van der Waals surface area contributed by atoms with Crippen molar-refractivity contribution in [2.24, 2.45) is 5.73 Å². The van der Waals surface area contributed by atoms with Crippen LogP contribution in [0.25, 0.3) is 0 Å². The van der Waals surface area contributed by atoms with E-state index in [4.69, 9.17) is 10.5 Å². The minimum Gasteiger partial charge on any atom is -0.494 e. The Labute approximate surface area is 250 Å². The number of thiophene rings is 1. The summed E-state index contributed by atoms with van der Waals surface area (Å²) in [5.41, 5.74) is 9.85. The zero-order chi connectivity index (χ0) is 29.7. The number of urea groups is 1. The molecular weight excluding hydrogens is 548 g/mol. The molecule has 0 radical (unpaired) electrons. The molecule has 3 aromatic carbocycles. The summed E-state index contributed by atoms with van der Waals surface area (Å²) in [7, 11) is 0. The molecule has 0 fully saturated rings. The van der Waals surface area contributed by atoms with Gasteiger partial charge < -0.3 is 21.1 Å². The average Bonchev–Trinajstić information content (AvgIpc) is 3.57. The Kier molecular flexibility index (Phi) is 11.3. The monoisotopic (exact) mass is 584 g/mol. The van der Waals surface area contributed by atoms with Gasteiger partial charge in [0, 0.05) is 31.4 Å². The summed E-state index contributed by atoms with van der Waals surface area (Å²) in [6.07, 6.45) is 0.677. The van der Waals surface area contributed by atoms with E-state index in [-0.39, 0.29) is 25.4 Å². The van der Waals surface area contributed by atoms with Crippen molar-refractivity contribution >= 4 is 29.2 Å². The highest BCUT2D eigenvalue weighted by Crippen LogP contribution is 2.16. The molecule has 1 heterocycles. The Morgan fingerprint density at radius 3 is 2.21 bits per heavy atom. The fourth-order valence-electron chi connectivity index (χ4n) is 4.41. The summed E-state index contributed by atoms with van der Waals surface area (Å²) in [5, 5.41) is 9.29. The predicted octanol–water partition coefficient (Wildman–Crippen LogP) is 4.93. The van der Waals surface area contributed by atoms with Crippen molar-refractivity contribution in [3.8, 4) is 5.75 Å². The Hall–Kier alpha value is -4.47. The topological polar surface area (TPSA) is 114 Å². The molecule has 0 spiro atoms. The second-order valence-corrected chi connectivity index (χ2v) is 10.5. The molecule has 42 heavy (non-hydrogen) atoms. The summed E-state index contributed by atoms with van der Waals surface area (Å²) in [6, 6.07) is 24.9. The molecule has 0 aliphatic heterocycles. The van der Waals surface area contributed by atoms with Crippen LogP contribution in [0.5, 0.6) is 5.75 Å². The molecule has 8 nitrogen and oxygen atoms in total. The fourth-order valence-corrected chi connectivity index (χ4v) is 5.05. The second kappa shape index (κ2) is 15.5. The molecule has 9 heteroatoms. The smallest absolute Gasteiger partial charge is 0.324 e. The number of hydrogen-bond acceptors (Lipinski definition) is 6. The number of carbonyl (C=O) groups excluding carboxylic acids is 3. The standard InChI is InChI=1S/C33H36N4O4S/c1-2-41-29-14-12-25(13-15-29)20-30(36-31(38)28-17-19-42-23-28)32(39)37(18-16-24-6-4-3-5-7-24)33(40)35-22-27-10-8-26(21-34)9-11-27/h3-15,17,19,23,30H,2,16,18,20-22,34H2,1H3,(H,35,40)(H,36,38)/t30-/m1/s1. The van der Waals surface area contributed by atoms with Gasteiger partial charge in [0.15, 0.2) is 0 Å². The Bertz CT molecular complexity index is 1430. The van der Waals surface area contributed by atoms with Gasteiger partial charge >= 0.3 is 6.03 Å². The van der Waals surface area contributed by atoms with Gasteiger partial charge in [0.1, 0.15) is 11.8 Å². The van der Waals surface area contributed by atoms with Crippen LogP contribution in [-0.4, -0.2) is 41.9 Å². The van der Waals surface area contributed by atoms with Crippen LogP contribution in [0.15, 0.2) is 95.7 Å². The lowest BCUT2D eigenvalue weighted by atomic mass is 10.0. The van der Waals surface area contributed by atoms with E-state index in [1.54, 1.807) is 16.8 Å². The largest absolute Gasteiger partial charge is 0.494 e. The number of nitrogens with two attached hydrogens (primary N) is 1. The minimum atomic E-state index is -0.972. The average molecular weight is 585 g/mol. The van der Waals surface area contributed by atoms with Crippen LogP contribution < -0.4 is 21.1 Å². The van der Waals surface area contributed by atoms with Crippen molar-refractivity contribution in [3.63, 3.8) is 0 Å². The van der Waals surface area contributed by atoms with Crippen LogP contribution in [0.4, 0.5) is 4.79 Å². The van der Waals surface area contributed by atoms with Crippen LogP contribution in [0.2, 0.25) is 0 Å². The van der Waals surface area contributed by atoms with Crippen molar-refractivity contribution in [1.82, 2.24) is 15.5 Å². The van der Waals surface area contributed by atoms with Gasteiger partial charge in [-0.15, -0.1) is 0 Å². The Morgan fingerprint density at radius 1 is 0.881 bits per heavy atom. The summed E-state index contributed by atoms with van der Waals surface area (Å²) in [5.74, 6) is -0.141. The van der Waals surface area contributed by atoms with E-state index in [2.05, 4.69) is 10.6 Å². The Morgan fingerprint density at radius 2 is 1.57 bits per heavy atom. The highest BCUT2D eigenvalue weighted by molar-refractivity contribution is 7.08. The third kappa shape index (κ3) is 8.76. The molecule has 4 N–H and O–H groups in total. The number of hydrogen-bond donors (Lipinski definition) is 3. The number of nitrogens with zero attached hydrogens (tertiary/aromatic N) is 1. The van der Waals surface area contributed by atoms with Crippen LogP contribution in [-0.2, 0) is 30.7 Å². The van der Waals surface area contributed by atoms with Gasteiger partial charge in [-0.1, -0.05) is 66.7 Å². The first kappa shape index (κ1) is 30.5. The van der Waals surface area contributed by atoms with Crippen molar-refractivity contribution in [3.05, 3.63) is 124 Å². The molecule has 4 amide bonds. The van der Waals surface area contributed by atoms with Gasteiger partial charge in [-0.05, 0) is 59.2 Å². The molecule has 0 aliphatic rings. The maximum Gasteiger partial charge on any atom is 0.324 e. The van der Waals surface area contributed by atoms with Crippen molar-refractivity contribution in [2.75, 3.05) is 13.2 Å². The number of imide groups is 1. The SMILES string of the molecule is CCOc1ccc(C[C@@H](NC(=O)c2ccsc2)C(=O)N(CCc2ccccc2)C(=O)NCc2ccc(CN)cc2)cc1. The van der Waals surface area contributed by atoms with Crippen molar-refractivity contribution < 1.29 is 19.1 Å². The van der Waals surface area contributed by atoms with Gasteiger partial charge in [0.2, 0.25) is 0 Å². The van der Waals surface area contributed by atoms with E-state index < -0.39 is 18.0 Å². The zero-order valence-electron chi connectivity index (χ0n) is 23.6. The van der Waals surface area contributed by atoms with Crippen LogP contribution in [0.3, 0.4) is 0 Å². The third-order valence-corrected chi connectivity index (χ3v) is 7.42. The second-order valence-electron chi connectivity index (χ2n) is 9.72. The molecule has 1 aromatic heterocycles. The van der Waals surface area contributed by atoms with Gasteiger partial charge in [0.25, 0.3) is 11.8 Å². The van der Waals surface area contributed by atoms with Crippen molar-refractivity contribution in [2.45, 2.75) is 38.9 Å². The molecule has 4 aromatic rings. The van der Waals surface area contributed by atoms with E-state index in [9.17, 15) is 14.4 Å². The number of carbonyl (C=O) groups is 3. The number of ether oxygens (including phenoxy) is 1. The lowest BCUT2D eigenvalue weighted by Gasteiger charge is -2.27. The van der Waals surface area contributed by atoms with Gasteiger partial charge in [-0.2, -0.15) is 11.3 Å². The molecular formula is C33H36N4O4S. The predicted molar refractivity (Wildman–Crippen MR) is 165 cm³/mol. The van der Waals surface area contributed by atoms with E-state index in [0.717, 1.165) is 28.0 Å². The lowest BCUT2D eigenvalue weighted by Crippen LogP contribution is -2.54. The molecule has 0 unspecified atom stereocenters. The van der Waals surface area contributed by atoms with Gasteiger partial charge in [-0.3, -0.25) is 14.5 Å². The number of rotatable bonds is 13. The minimum absolute atomic E-state index is 0.148. The van der Waals surface area contributed by atoms with Crippen molar-refractivity contribution in [1.29, 1.82) is 0 Å². The normalized spacial score (nSPS) is 11.4. The van der Waals surface area contributed by atoms with Gasteiger partial charge in [0.05, 0.1) is 12.2 Å². The van der Waals surface area contributed by atoms with Crippen LogP contribution in [0.1, 0.15) is 39.5 Å². The first-order chi connectivity index (χ1) is 20.5. The number of amides is 4. The number of benzene rings is 3. The summed E-state index contributed by atoms with van der Waals surface area (Å²) >= 11 is 1.40. The fraction of sp³-hybridized carbons (Fsp3) is 0.242. The molecule has 0 saturated heterocycles. The molecule has 0 saturated carbocycles. The van der Waals surface area contributed by atoms with Crippen LogP contribution >= 0.6 is 11.3 Å². The van der Waals surface area contributed by atoms with E-state index >= 15 is 0 Å². The highest BCUT2D eigenvalue weighted by Gasteiger charge is 2.30. The highest BCUT2D eigenvalue weighted by atomic mass is 32.1. The first-order valence-corrected chi connectivity index (χ1v) is 14.9. The molecule has 1 atom stereocenters. The van der Waals surface area contributed by atoms with Crippen LogP contribution in [0, 0.1) is 0 Å². The number of nitrogens with one attached hydrogen (secondary N) is 2. The summed E-state index contributed by atoms with van der Waals surface area (Å²) in [4.78, 5) is 41.9. The third-order valence-electron chi connectivity index (χ3n) is 6.74. The first-order valence-electron chi connectivity index (χ1n) is 13.9. The summed E-state index contributed by atoms with van der Waals surface area (Å²) < 4.78 is 5.54. The maximum atomic E-state index is 14.1. The molecule has 0 aliphatic carbocycles.